The molecular weight excluding hydrogens is 220 g/mol. The second-order valence-electron chi connectivity index (χ2n) is 3.66. The van der Waals surface area contributed by atoms with Gasteiger partial charge in [-0.3, -0.25) is 4.98 Å². The third kappa shape index (κ3) is 5.49. The minimum Gasteiger partial charge on any atom is -0.396 e. The molecule has 2 N–H and O–H groups in total. The lowest BCUT2D eigenvalue weighted by Crippen LogP contribution is -2.32. The monoisotopic (exact) mass is 240 g/mol. The van der Waals surface area contributed by atoms with Crippen LogP contribution in [0.1, 0.15) is 19.8 Å². The van der Waals surface area contributed by atoms with Crippen molar-refractivity contribution in [3.05, 3.63) is 24.5 Å². The Hall–Kier alpha value is -0.580. The number of nitrogens with one attached hydrogen (secondary N) is 1. The Balaban J connectivity index is 2.31. The quantitative estimate of drug-likeness (QED) is 0.682. The highest BCUT2D eigenvalue weighted by Gasteiger charge is 2.07. The van der Waals surface area contributed by atoms with Crippen molar-refractivity contribution in [1.29, 1.82) is 0 Å². The SMILES string of the molecule is CCCNC(CCO)CSc1ccncc1. The molecule has 1 atom stereocenters. The Kier molecular flexibility index (Phi) is 7.21. The molecule has 90 valence electrons. The minimum absolute atomic E-state index is 0.248. The van der Waals surface area contributed by atoms with Gasteiger partial charge >= 0.3 is 0 Å². The number of aliphatic hydroxyl groups is 1. The number of hydrogen-bond acceptors (Lipinski definition) is 4. The average Bonchev–Trinajstić information content (AvgIpc) is 2.34. The number of pyridine rings is 1. The van der Waals surface area contributed by atoms with Gasteiger partial charge in [0, 0.05) is 35.7 Å². The molecule has 0 radical (unpaired) electrons. The van der Waals surface area contributed by atoms with E-state index in [1.54, 1.807) is 11.8 Å². The van der Waals surface area contributed by atoms with Crippen LogP contribution in [-0.2, 0) is 0 Å². The van der Waals surface area contributed by atoms with Gasteiger partial charge in [0.2, 0.25) is 0 Å². The van der Waals surface area contributed by atoms with Crippen LogP contribution in [0.15, 0.2) is 29.4 Å². The van der Waals surface area contributed by atoms with Crippen molar-refractivity contribution in [2.75, 3.05) is 18.9 Å². The normalized spacial score (nSPS) is 12.6. The maximum atomic E-state index is 8.97. The van der Waals surface area contributed by atoms with Crippen LogP contribution in [0.3, 0.4) is 0 Å². The summed E-state index contributed by atoms with van der Waals surface area (Å²) in [5.41, 5.74) is 0. The highest BCUT2D eigenvalue weighted by molar-refractivity contribution is 7.99. The van der Waals surface area contributed by atoms with E-state index in [2.05, 4.69) is 17.2 Å². The number of hydrogen-bond donors (Lipinski definition) is 2. The third-order valence-corrected chi connectivity index (χ3v) is 3.44. The summed E-state index contributed by atoms with van der Waals surface area (Å²) in [5.74, 6) is 0.991. The third-order valence-electron chi connectivity index (χ3n) is 2.26. The maximum absolute atomic E-state index is 8.97. The molecule has 1 unspecified atom stereocenters. The maximum Gasteiger partial charge on any atom is 0.0446 e. The number of aromatic nitrogens is 1. The Labute approximate surface area is 102 Å². The van der Waals surface area contributed by atoms with E-state index >= 15 is 0 Å². The van der Waals surface area contributed by atoms with Crippen LogP contribution in [0.4, 0.5) is 0 Å². The molecule has 16 heavy (non-hydrogen) atoms. The highest BCUT2D eigenvalue weighted by Crippen LogP contribution is 2.17. The van der Waals surface area contributed by atoms with Gasteiger partial charge in [-0.05, 0) is 31.5 Å². The van der Waals surface area contributed by atoms with Crippen LogP contribution in [0, 0.1) is 0 Å². The molecule has 0 fully saturated rings. The van der Waals surface area contributed by atoms with E-state index in [-0.39, 0.29) is 6.61 Å². The van der Waals surface area contributed by atoms with Gasteiger partial charge in [-0.25, -0.2) is 0 Å². The van der Waals surface area contributed by atoms with Gasteiger partial charge < -0.3 is 10.4 Å². The number of thioether (sulfide) groups is 1. The van der Waals surface area contributed by atoms with E-state index in [9.17, 15) is 0 Å². The van der Waals surface area contributed by atoms with Gasteiger partial charge in [-0.2, -0.15) is 0 Å². The minimum atomic E-state index is 0.248. The Bertz CT molecular complexity index is 269. The number of nitrogens with zero attached hydrogens (tertiary/aromatic N) is 1. The van der Waals surface area contributed by atoms with Gasteiger partial charge in [-0.1, -0.05) is 6.92 Å². The van der Waals surface area contributed by atoms with Crippen molar-refractivity contribution in [1.82, 2.24) is 10.3 Å². The fourth-order valence-electron chi connectivity index (χ4n) is 1.38. The second kappa shape index (κ2) is 8.56. The van der Waals surface area contributed by atoms with Crippen molar-refractivity contribution in [2.45, 2.75) is 30.7 Å². The van der Waals surface area contributed by atoms with E-state index in [4.69, 9.17) is 5.11 Å². The lowest BCUT2D eigenvalue weighted by Gasteiger charge is -2.16. The lowest BCUT2D eigenvalue weighted by atomic mass is 10.2. The summed E-state index contributed by atoms with van der Waals surface area (Å²) in [7, 11) is 0. The van der Waals surface area contributed by atoms with Crippen molar-refractivity contribution in [2.24, 2.45) is 0 Å². The van der Waals surface area contributed by atoms with E-state index in [1.807, 2.05) is 24.5 Å². The van der Waals surface area contributed by atoms with Crippen molar-refractivity contribution >= 4 is 11.8 Å². The molecule has 1 aromatic heterocycles. The molecule has 0 saturated heterocycles. The van der Waals surface area contributed by atoms with E-state index in [0.29, 0.717) is 6.04 Å². The smallest absolute Gasteiger partial charge is 0.0446 e. The second-order valence-corrected chi connectivity index (χ2v) is 4.75. The highest BCUT2D eigenvalue weighted by atomic mass is 32.2. The summed E-state index contributed by atoms with van der Waals surface area (Å²) in [4.78, 5) is 5.22. The van der Waals surface area contributed by atoms with Crippen LogP contribution in [0.2, 0.25) is 0 Å². The van der Waals surface area contributed by atoms with Gasteiger partial charge in [-0.15, -0.1) is 11.8 Å². The molecule has 0 bridgehead atoms. The first-order chi connectivity index (χ1) is 7.86. The first kappa shape index (κ1) is 13.5. The van der Waals surface area contributed by atoms with Crippen LogP contribution < -0.4 is 5.32 Å². The van der Waals surface area contributed by atoms with Gasteiger partial charge in [0.05, 0.1) is 0 Å². The van der Waals surface area contributed by atoms with E-state index in [1.165, 1.54) is 4.90 Å². The van der Waals surface area contributed by atoms with E-state index < -0.39 is 0 Å². The molecule has 0 aliphatic rings. The molecular formula is C12H20N2OS. The zero-order valence-electron chi connectivity index (χ0n) is 9.72. The summed E-state index contributed by atoms with van der Waals surface area (Å²) in [6.45, 7) is 3.42. The zero-order valence-corrected chi connectivity index (χ0v) is 10.5. The Morgan fingerprint density at radius 1 is 1.44 bits per heavy atom. The first-order valence-electron chi connectivity index (χ1n) is 5.74. The molecule has 1 rings (SSSR count). The van der Waals surface area contributed by atoms with Crippen molar-refractivity contribution in [3.8, 4) is 0 Å². The van der Waals surface area contributed by atoms with Crippen molar-refractivity contribution < 1.29 is 5.11 Å². The van der Waals surface area contributed by atoms with Crippen LogP contribution in [-0.4, -0.2) is 35.0 Å². The molecule has 0 saturated carbocycles. The summed E-state index contributed by atoms with van der Waals surface area (Å²) in [6, 6.07) is 4.42. The lowest BCUT2D eigenvalue weighted by molar-refractivity contribution is 0.270. The largest absolute Gasteiger partial charge is 0.396 e. The fourth-order valence-corrected chi connectivity index (χ4v) is 2.37. The topological polar surface area (TPSA) is 45.1 Å². The van der Waals surface area contributed by atoms with Gasteiger partial charge in [0.25, 0.3) is 0 Å². The summed E-state index contributed by atoms with van der Waals surface area (Å²) in [6.07, 6.45) is 5.56. The predicted octanol–water partition coefficient (Wildman–Crippen LogP) is 1.92. The average molecular weight is 240 g/mol. The molecule has 1 aromatic rings. The zero-order chi connectivity index (χ0) is 11.6. The standard InChI is InChI=1S/C12H20N2OS/c1-2-6-14-11(5-9-15)10-16-12-3-7-13-8-4-12/h3-4,7-8,11,14-15H,2,5-6,9-10H2,1H3. The summed E-state index contributed by atoms with van der Waals surface area (Å²) >= 11 is 1.81. The molecule has 0 aliphatic carbocycles. The first-order valence-corrected chi connectivity index (χ1v) is 6.72. The molecule has 0 aliphatic heterocycles. The van der Waals surface area contributed by atoms with Crippen molar-refractivity contribution in [3.63, 3.8) is 0 Å². The van der Waals surface area contributed by atoms with Crippen LogP contribution >= 0.6 is 11.8 Å². The Morgan fingerprint density at radius 2 is 2.19 bits per heavy atom. The summed E-state index contributed by atoms with van der Waals surface area (Å²) < 4.78 is 0. The van der Waals surface area contributed by atoms with Gasteiger partial charge in [0.1, 0.15) is 0 Å². The predicted molar refractivity (Wildman–Crippen MR) is 68.7 cm³/mol. The van der Waals surface area contributed by atoms with Crippen LogP contribution in [0.5, 0.6) is 0 Å². The van der Waals surface area contributed by atoms with Gasteiger partial charge in [0.15, 0.2) is 0 Å². The number of rotatable bonds is 8. The molecule has 4 heteroatoms. The molecule has 0 aromatic carbocycles. The molecule has 0 spiro atoms. The fraction of sp³-hybridized carbons (Fsp3) is 0.583. The summed E-state index contributed by atoms with van der Waals surface area (Å²) in [5, 5.41) is 12.4. The number of aliphatic hydroxyl groups excluding tert-OH is 1. The van der Waals surface area contributed by atoms with Crippen LogP contribution in [0.25, 0.3) is 0 Å². The molecule has 1 heterocycles. The molecule has 3 nitrogen and oxygen atoms in total. The molecule has 0 amide bonds. The Morgan fingerprint density at radius 3 is 2.81 bits per heavy atom. The van der Waals surface area contributed by atoms with E-state index in [0.717, 1.165) is 25.1 Å².